The Kier molecular flexibility index (Phi) is 5.52. The molecule has 1 aromatic rings. The number of ether oxygens (including phenoxy) is 2. The quantitative estimate of drug-likeness (QED) is 0.617. The monoisotopic (exact) mass is 289 g/mol. The summed E-state index contributed by atoms with van der Waals surface area (Å²) in [5.74, 6) is -1.31. The zero-order valence-electron chi connectivity index (χ0n) is 9.95. The summed E-state index contributed by atoms with van der Waals surface area (Å²) in [6.45, 7) is -1.51. The average molecular weight is 290 g/mol. The first kappa shape index (κ1) is 15.2. The van der Waals surface area contributed by atoms with Crippen LogP contribution in [0.1, 0.15) is 28.4 Å². The Morgan fingerprint density at radius 2 is 2.21 bits per heavy atom. The van der Waals surface area contributed by atoms with Gasteiger partial charge in [0.05, 0.1) is 12.2 Å². The van der Waals surface area contributed by atoms with Gasteiger partial charge in [-0.05, 0) is 24.6 Å². The molecular formula is C12H10ClF2NO3. The van der Waals surface area contributed by atoms with Gasteiger partial charge in [0.2, 0.25) is 0 Å². The van der Waals surface area contributed by atoms with Crippen molar-refractivity contribution in [3.8, 4) is 11.8 Å². The minimum atomic E-state index is -3.12. The number of carbonyl (C=O) groups is 1. The third-order valence-electron chi connectivity index (χ3n) is 2.13. The topological polar surface area (TPSA) is 59.3 Å². The molecule has 1 aromatic carbocycles. The van der Waals surface area contributed by atoms with E-state index in [4.69, 9.17) is 21.6 Å². The Morgan fingerprint density at radius 3 is 2.68 bits per heavy atom. The number of esters is 1. The molecule has 0 fully saturated rings. The lowest BCUT2D eigenvalue weighted by atomic mass is 10.0. The van der Waals surface area contributed by atoms with E-state index in [0.717, 1.165) is 0 Å². The van der Waals surface area contributed by atoms with Crippen molar-refractivity contribution in [3.63, 3.8) is 0 Å². The van der Waals surface area contributed by atoms with Crippen molar-refractivity contribution in [1.82, 2.24) is 0 Å². The van der Waals surface area contributed by atoms with Gasteiger partial charge in [0.1, 0.15) is 17.4 Å². The summed E-state index contributed by atoms with van der Waals surface area (Å²) in [6, 6.07) is 4.26. The fraction of sp³-hybridized carbons (Fsp3) is 0.333. The van der Waals surface area contributed by atoms with Crippen molar-refractivity contribution in [3.05, 3.63) is 28.8 Å². The van der Waals surface area contributed by atoms with E-state index >= 15 is 0 Å². The molecule has 0 unspecified atom stereocenters. The first-order valence-electron chi connectivity index (χ1n) is 5.28. The number of benzene rings is 1. The SMILES string of the molecule is CCOC(=O)c1c(C#N)cc(CCl)cc1OC(F)F. The molecule has 1 rings (SSSR count). The van der Waals surface area contributed by atoms with Gasteiger partial charge in [0.15, 0.2) is 0 Å². The molecule has 0 spiro atoms. The van der Waals surface area contributed by atoms with Crippen molar-refractivity contribution < 1.29 is 23.0 Å². The third-order valence-corrected chi connectivity index (χ3v) is 2.44. The molecule has 102 valence electrons. The van der Waals surface area contributed by atoms with Crippen LogP contribution in [0, 0.1) is 11.3 Å². The van der Waals surface area contributed by atoms with Gasteiger partial charge in [-0.3, -0.25) is 0 Å². The second-order valence-electron chi connectivity index (χ2n) is 3.36. The lowest BCUT2D eigenvalue weighted by Crippen LogP contribution is -2.13. The van der Waals surface area contributed by atoms with Crippen LogP contribution < -0.4 is 4.74 Å². The third kappa shape index (κ3) is 3.80. The van der Waals surface area contributed by atoms with Gasteiger partial charge in [-0.1, -0.05) is 0 Å². The van der Waals surface area contributed by atoms with Gasteiger partial charge in [0, 0.05) is 5.88 Å². The maximum Gasteiger partial charge on any atom is 0.387 e. The van der Waals surface area contributed by atoms with Crippen LogP contribution in [0.15, 0.2) is 12.1 Å². The van der Waals surface area contributed by atoms with Crippen molar-refractivity contribution in [2.24, 2.45) is 0 Å². The van der Waals surface area contributed by atoms with Crippen molar-refractivity contribution in [2.45, 2.75) is 19.4 Å². The predicted molar refractivity (Wildman–Crippen MR) is 63.3 cm³/mol. The zero-order valence-corrected chi connectivity index (χ0v) is 10.7. The number of alkyl halides is 3. The fourth-order valence-corrected chi connectivity index (χ4v) is 1.59. The molecule has 0 saturated heterocycles. The minimum Gasteiger partial charge on any atom is -0.462 e. The molecular weight excluding hydrogens is 280 g/mol. The highest BCUT2D eigenvalue weighted by atomic mass is 35.5. The van der Waals surface area contributed by atoms with E-state index in [2.05, 4.69) is 4.74 Å². The molecule has 0 radical (unpaired) electrons. The molecule has 0 aromatic heterocycles. The molecule has 0 amide bonds. The first-order chi connectivity index (χ1) is 9.03. The van der Waals surface area contributed by atoms with E-state index in [0.29, 0.717) is 5.56 Å². The Labute approximate surface area is 113 Å². The second kappa shape index (κ2) is 6.90. The maximum atomic E-state index is 12.3. The molecule has 0 bridgehead atoms. The average Bonchev–Trinajstić information content (AvgIpc) is 2.37. The Morgan fingerprint density at radius 1 is 1.53 bits per heavy atom. The summed E-state index contributed by atoms with van der Waals surface area (Å²) in [6.07, 6.45) is 0. The number of carbonyl (C=O) groups excluding carboxylic acids is 1. The van der Waals surface area contributed by atoms with Gasteiger partial charge in [-0.2, -0.15) is 14.0 Å². The fourth-order valence-electron chi connectivity index (χ4n) is 1.44. The van der Waals surface area contributed by atoms with E-state index in [1.54, 1.807) is 13.0 Å². The summed E-state index contributed by atoms with van der Waals surface area (Å²) >= 11 is 5.59. The molecule has 0 saturated carbocycles. The van der Waals surface area contributed by atoms with Crippen LogP contribution in [0.3, 0.4) is 0 Å². The molecule has 7 heteroatoms. The van der Waals surface area contributed by atoms with E-state index in [9.17, 15) is 13.6 Å². The number of nitrogens with zero attached hydrogens (tertiary/aromatic N) is 1. The Bertz CT molecular complexity index is 514. The summed E-state index contributed by atoms with van der Waals surface area (Å²) < 4.78 is 33.6. The van der Waals surface area contributed by atoms with Crippen LogP contribution in [0.4, 0.5) is 8.78 Å². The first-order valence-corrected chi connectivity index (χ1v) is 5.81. The second-order valence-corrected chi connectivity index (χ2v) is 3.63. The Hall–Kier alpha value is -1.87. The number of hydrogen-bond donors (Lipinski definition) is 0. The van der Waals surface area contributed by atoms with E-state index in [1.807, 2.05) is 0 Å². The predicted octanol–water partition coefficient (Wildman–Crippen LogP) is 3.08. The minimum absolute atomic E-state index is 0.00260. The van der Waals surface area contributed by atoms with Crippen LogP contribution in [-0.2, 0) is 10.6 Å². The molecule has 0 aliphatic rings. The van der Waals surface area contributed by atoms with Crippen LogP contribution >= 0.6 is 11.6 Å². The van der Waals surface area contributed by atoms with Gasteiger partial charge in [-0.15, -0.1) is 11.6 Å². The van der Waals surface area contributed by atoms with Gasteiger partial charge in [0.25, 0.3) is 0 Å². The molecule has 0 atom stereocenters. The number of nitriles is 1. The van der Waals surface area contributed by atoms with Crippen molar-refractivity contribution in [1.29, 1.82) is 5.26 Å². The smallest absolute Gasteiger partial charge is 0.387 e. The zero-order chi connectivity index (χ0) is 14.4. The highest BCUT2D eigenvalue weighted by Crippen LogP contribution is 2.28. The summed E-state index contributed by atoms with van der Waals surface area (Å²) in [7, 11) is 0. The molecule has 0 aliphatic heterocycles. The molecule has 4 nitrogen and oxygen atoms in total. The van der Waals surface area contributed by atoms with Gasteiger partial charge >= 0.3 is 12.6 Å². The molecule has 19 heavy (non-hydrogen) atoms. The highest BCUT2D eigenvalue weighted by Gasteiger charge is 2.22. The van der Waals surface area contributed by atoms with Crippen LogP contribution in [0.5, 0.6) is 5.75 Å². The van der Waals surface area contributed by atoms with E-state index < -0.39 is 18.3 Å². The number of halogens is 3. The number of rotatable bonds is 5. The van der Waals surface area contributed by atoms with Crippen molar-refractivity contribution >= 4 is 17.6 Å². The van der Waals surface area contributed by atoms with Crippen LogP contribution in [-0.4, -0.2) is 19.2 Å². The van der Waals surface area contributed by atoms with E-state index in [-0.39, 0.29) is 23.6 Å². The Balaban J connectivity index is 3.38. The van der Waals surface area contributed by atoms with Gasteiger partial charge in [-0.25, -0.2) is 4.79 Å². The highest BCUT2D eigenvalue weighted by molar-refractivity contribution is 6.17. The van der Waals surface area contributed by atoms with Crippen LogP contribution in [0.25, 0.3) is 0 Å². The van der Waals surface area contributed by atoms with E-state index in [1.165, 1.54) is 12.1 Å². The number of hydrogen-bond acceptors (Lipinski definition) is 4. The van der Waals surface area contributed by atoms with Crippen LogP contribution in [0.2, 0.25) is 0 Å². The lowest BCUT2D eigenvalue weighted by molar-refractivity contribution is -0.0504. The lowest BCUT2D eigenvalue weighted by Gasteiger charge is -2.12. The normalized spacial score (nSPS) is 10.1. The summed E-state index contributed by atoms with van der Waals surface area (Å²) in [5.41, 5.74) is -0.0484. The van der Waals surface area contributed by atoms with Gasteiger partial charge < -0.3 is 9.47 Å². The largest absolute Gasteiger partial charge is 0.462 e. The summed E-state index contributed by atoms with van der Waals surface area (Å²) in [5, 5.41) is 8.97. The molecule has 0 N–H and O–H groups in total. The summed E-state index contributed by atoms with van der Waals surface area (Å²) in [4.78, 5) is 11.7. The standard InChI is InChI=1S/C12H10ClF2NO3/c1-2-18-11(17)10-8(6-16)3-7(5-13)4-9(10)19-12(14)15/h3-4,12H,2,5H2,1H3. The maximum absolute atomic E-state index is 12.3. The van der Waals surface area contributed by atoms with Crippen molar-refractivity contribution in [2.75, 3.05) is 6.61 Å². The molecule has 0 heterocycles. The molecule has 0 aliphatic carbocycles.